The fourth-order valence-corrected chi connectivity index (χ4v) is 2.33. The van der Waals surface area contributed by atoms with Crippen LogP contribution in [-0.4, -0.2) is 54.6 Å². The van der Waals surface area contributed by atoms with Crippen LogP contribution in [0, 0.1) is 0 Å². The van der Waals surface area contributed by atoms with Gasteiger partial charge in [0.1, 0.15) is 0 Å². The Morgan fingerprint density at radius 1 is 1.50 bits per heavy atom. The van der Waals surface area contributed by atoms with Gasteiger partial charge in [0.15, 0.2) is 0 Å². The van der Waals surface area contributed by atoms with Gasteiger partial charge in [-0.25, -0.2) is 4.79 Å². The lowest BCUT2D eigenvalue weighted by molar-refractivity contribution is 0.0859. The van der Waals surface area contributed by atoms with Crippen molar-refractivity contribution in [3.63, 3.8) is 0 Å². The minimum Gasteiger partial charge on any atom is -0.325 e. The number of hydrogen-bond donors (Lipinski definition) is 1. The van der Waals surface area contributed by atoms with Crippen LogP contribution in [0.25, 0.3) is 0 Å². The maximum Gasteiger partial charge on any atom is 0.320 e. The average molecular weight is 197 g/mol. The molecule has 2 aliphatic rings. The highest BCUT2D eigenvalue weighted by molar-refractivity contribution is 5.75. The first kappa shape index (κ1) is 9.77. The number of fused-ring (bicyclic) bond motifs is 1. The highest BCUT2D eigenvalue weighted by atomic mass is 16.2. The second kappa shape index (κ2) is 4.17. The molecule has 0 saturated carbocycles. The Bertz CT molecular complexity index is 219. The minimum absolute atomic E-state index is 0.254. The number of urea groups is 1. The zero-order valence-corrected chi connectivity index (χ0v) is 8.83. The van der Waals surface area contributed by atoms with Crippen LogP contribution in [-0.2, 0) is 0 Å². The van der Waals surface area contributed by atoms with E-state index in [1.165, 1.54) is 0 Å². The van der Waals surface area contributed by atoms with E-state index in [2.05, 4.69) is 12.2 Å². The van der Waals surface area contributed by atoms with Gasteiger partial charge in [0.2, 0.25) is 0 Å². The summed E-state index contributed by atoms with van der Waals surface area (Å²) in [5.74, 6) is 0. The molecule has 1 atom stereocenters. The van der Waals surface area contributed by atoms with Crippen molar-refractivity contribution in [1.82, 2.24) is 15.1 Å². The molecule has 4 nitrogen and oxygen atoms in total. The smallest absolute Gasteiger partial charge is 0.320 e. The summed E-state index contributed by atoms with van der Waals surface area (Å²) >= 11 is 0. The van der Waals surface area contributed by atoms with Gasteiger partial charge in [-0.15, -0.1) is 0 Å². The third kappa shape index (κ3) is 1.71. The van der Waals surface area contributed by atoms with Crippen molar-refractivity contribution in [2.24, 2.45) is 0 Å². The van der Waals surface area contributed by atoms with Gasteiger partial charge in [0, 0.05) is 38.8 Å². The SMILES string of the molecule is CCCN1CCC2CNCCN2C1=O. The Labute approximate surface area is 85.2 Å². The second-order valence-electron chi connectivity index (χ2n) is 4.11. The molecule has 0 aromatic rings. The topological polar surface area (TPSA) is 35.6 Å². The summed E-state index contributed by atoms with van der Waals surface area (Å²) in [4.78, 5) is 16.0. The Balaban J connectivity index is 1.99. The molecule has 0 aromatic carbocycles. The van der Waals surface area contributed by atoms with Gasteiger partial charge in [-0.05, 0) is 12.8 Å². The van der Waals surface area contributed by atoms with E-state index in [4.69, 9.17) is 0 Å². The van der Waals surface area contributed by atoms with E-state index < -0.39 is 0 Å². The Morgan fingerprint density at radius 2 is 2.36 bits per heavy atom. The number of nitrogens with one attached hydrogen (secondary N) is 1. The molecule has 0 spiro atoms. The molecule has 2 saturated heterocycles. The number of hydrogen-bond acceptors (Lipinski definition) is 2. The van der Waals surface area contributed by atoms with Crippen molar-refractivity contribution < 1.29 is 4.79 Å². The van der Waals surface area contributed by atoms with Gasteiger partial charge in [-0.3, -0.25) is 0 Å². The van der Waals surface area contributed by atoms with E-state index in [0.717, 1.165) is 45.6 Å². The summed E-state index contributed by atoms with van der Waals surface area (Å²) in [5.41, 5.74) is 0. The van der Waals surface area contributed by atoms with Crippen molar-refractivity contribution in [1.29, 1.82) is 0 Å². The lowest BCUT2D eigenvalue weighted by atomic mass is 10.1. The van der Waals surface area contributed by atoms with Crippen LogP contribution >= 0.6 is 0 Å². The van der Waals surface area contributed by atoms with Crippen molar-refractivity contribution in [2.75, 3.05) is 32.7 Å². The van der Waals surface area contributed by atoms with Crippen molar-refractivity contribution >= 4 is 6.03 Å². The second-order valence-corrected chi connectivity index (χ2v) is 4.11. The maximum absolute atomic E-state index is 12.0. The van der Waals surface area contributed by atoms with Crippen molar-refractivity contribution in [3.05, 3.63) is 0 Å². The highest BCUT2D eigenvalue weighted by Gasteiger charge is 2.33. The third-order valence-corrected chi connectivity index (χ3v) is 3.09. The number of piperazine rings is 1. The molecule has 4 heteroatoms. The Hall–Kier alpha value is -0.770. The molecule has 14 heavy (non-hydrogen) atoms. The normalized spacial score (nSPS) is 27.8. The standard InChI is InChI=1S/C10H19N3O/c1-2-5-12-6-3-9-8-11-4-7-13(9)10(12)14/h9,11H,2-8H2,1H3. The molecule has 2 fully saturated rings. The van der Waals surface area contributed by atoms with Crippen LogP contribution in [0.3, 0.4) is 0 Å². The van der Waals surface area contributed by atoms with E-state index in [9.17, 15) is 4.79 Å². The van der Waals surface area contributed by atoms with Crippen LogP contribution < -0.4 is 5.32 Å². The van der Waals surface area contributed by atoms with Gasteiger partial charge in [0.25, 0.3) is 0 Å². The molecule has 2 amide bonds. The van der Waals surface area contributed by atoms with Gasteiger partial charge < -0.3 is 15.1 Å². The lowest BCUT2D eigenvalue weighted by Gasteiger charge is -2.44. The predicted octanol–water partition coefficient (Wildman–Crippen LogP) is 0.496. The highest BCUT2D eigenvalue weighted by Crippen LogP contribution is 2.17. The summed E-state index contributed by atoms with van der Waals surface area (Å²) in [6.07, 6.45) is 2.18. The van der Waals surface area contributed by atoms with Gasteiger partial charge in [-0.2, -0.15) is 0 Å². The molecule has 2 aliphatic heterocycles. The van der Waals surface area contributed by atoms with E-state index in [1.807, 2.05) is 9.80 Å². The molecule has 80 valence electrons. The average Bonchev–Trinajstić information content (AvgIpc) is 2.23. The Morgan fingerprint density at radius 3 is 3.14 bits per heavy atom. The molecule has 0 aromatic heterocycles. The third-order valence-electron chi connectivity index (χ3n) is 3.09. The first-order valence-electron chi connectivity index (χ1n) is 5.59. The summed E-state index contributed by atoms with van der Waals surface area (Å²) in [6, 6.07) is 0.703. The predicted molar refractivity (Wildman–Crippen MR) is 55.2 cm³/mol. The van der Waals surface area contributed by atoms with Crippen LogP contribution in [0.1, 0.15) is 19.8 Å². The number of nitrogens with zero attached hydrogens (tertiary/aromatic N) is 2. The zero-order chi connectivity index (χ0) is 9.97. The number of rotatable bonds is 2. The number of carbonyl (C=O) groups excluding carboxylic acids is 1. The van der Waals surface area contributed by atoms with Crippen LogP contribution in [0.4, 0.5) is 4.79 Å². The fourth-order valence-electron chi connectivity index (χ4n) is 2.33. The number of amides is 2. The molecule has 1 unspecified atom stereocenters. The molecule has 1 N–H and O–H groups in total. The molecule has 0 aliphatic carbocycles. The van der Waals surface area contributed by atoms with E-state index in [1.54, 1.807) is 0 Å². The van der Waals surface area contributed by atoms with E-state index in [-0.39, 0.29) is 6.03 Å². The largest absolute Gasteiger partial charge is 0.325 e. The van der Waals surface area contributed by atoms with Gasteiger partial charge in [-0.1, -0.05) is 6.92 Å². The fraction of sp³-hybridized carbons (Fsp3) is 0.900. The van der Waals surface area contributed by atoms with E-state index in [0.29, 0.717) is 6.04 Å². The zero-order valence-electron chi connectivity index (χ0n) is 8.83. The first-order valence-corrected chi connectivity index (χ1v) is 5.59. The molecule has 0 radical (unpaired) electrons. The lowest BCUT2D eigenvalue weighted by Crippen LogP contribution is -2.61. The maximum atomic E-state index is 12.0. The van der Waals surface area contributed by atoms with Gasteiger partial charge in [0.05, 0.1) is 0 Å². The molecular weight excluding hydrogens is 178 g/mol. The summed E-state index contributed by atoms with van der Waals surface area (Å²) in [6.45, 7) is 6.78. The van der Waals surface area contributed by atoms with Crippen molar-refractivity contribution in [2.45, 2.75) is 25.8 Å². The molecule has 0 bridgehead atoms. The van der Waals surface area contributed by atoms with Crippen LogP contribution in [0.2, 0.25) is 0 Å². The van der Waals surface area contributed by atoms with E-state index >= 15 is 0 Å². The minimum atomic E-state index is 0.254. The monoisotopic (exact) mass is 197 g/mol. The quantitative estimate of drug-likeness (QED) is 0.699. The molecular formula is C10H19N3O. The molecule has 2 rings (SSSR count). The summed E-state index contributed by atoms with van der Waals surface area (Å²) in [5, 5.41) is 3.34. The van der Waals surface area contributed by atoms with Gasteiger partial charge >= 0.3 is 6.03 Å². The van der Waals surface area contributed by atoms with Crippen LogP contribution in [0.5, 0.6) is 0 Å². The number of carbonyl (C=O) groups is 1. The van der Waals surface area contributed by atoms with Crippen molar-refractivity contribution in [3.8, 4) is 0 Å². The van der Waals surface area contributed by atoms with Crippen LogP contribution in [0.15, 0.2) is 0 Å². The summed E-state index contributed by atoms with van der Waals surface area (Å²) in [7, 11) is 0. The summed E-state index contributed by atoms with van der Waals surface area (Å²) < 4.78 is 0. The Kier molecular flexibility index (Phi) is 2.91. The molecule has 2 heterocycles. The first-order chi connectivity index (χ1) is 6.83.